The lowest BCUT2D eigenvalue weighted by molar-refractivity contribution is -0.115. The Labute approximate surface area is 165 Å². The average Bonchev–Trinajstić information content (AvgIpc) is 2.68. The number of amides is 1. The molecule has 0 unspecified atom stereocenters. The van der Waals surface area contributed by atoms with Gasteiger partial charge in [-0.2, -0.15) is 18.2 Å². The number of alkyl halides is 3. The highest BCUT2D eigenvalue weighted by Gasteiger charge is 2.32. The van der Waals surface area contributed by atoms with Gasteiger partial charge >= 0.3 is 6.18 Å². The number of anilines is 2. The van der Waals surface area contributed by atoms with Crippen LogP contribution in [0.1, 0.15) is 40.9 Å². The van der Waals surface area contributed by atoms with Crippen molar-refractivity contribution in [1.82, 2.24) is 15.3 Å². The minimum atomic E-state index is -4.35. The van der Waals surface area contributed by atoms with E-state index in [2.05, 4.69) is 39.8 Å². The number of nitrogens with zero attached hydrogens (tertiary/aromatic N) is 2. The fourth-order valence-corrected chi connectivity index (χ4v) is 3.57. The Morgan fingerprint density at radius 3 is 2.76 bits per heavy atom. The molecule has 2 aliphatic heterocycles. The summed E-state index contributed by atoms with van der Waals surface area (Å²) >= 11 is 0. The van der Waals surface area contributed by atoms with Gasteiger partial charge in [-0.3, -0.25) is 4.79 Å². The Bertz CT molecular complexity index is 1010. The number of halogens is 3. The van der Waals surface area contributed by atoms with Crippen molar-refractivity contribution in [3.63, 3.8) is 0 Å². The number of fused-ring (bicyclic) bond motifs is 2. The summed E-state index contributed by atoms with van der Waals surface area (Å²) in [4.78, 5) is 20.4. The number of nitrogens with one attached hydrogen (secondary N) is 3. The molecule has 1 aromatic heterocycles. The van der Waals surface area contributed by atoms with Crippen molar-refractivity contribution in [2.45, 2.75) is 25.4 Å². The third-order valence-electron chi connectivity index (χ3n) is 5.10. The Morgan fingerprint density at radius 1 is 1.21 bits per heavy atom. The van der Waals surface area contributed by atoms with Gasteiger partial charge in [0, 0.05) is 35.8 Å². The number of benzene rings is 1. The molecule has 0 saturated carbocycles. The first kappa shape index (κ1) is 19.2. The quantitative estimate of drug-likeness (QED) is 0.733. The lowest BCUT2D eigenvalue weighted by Gasteiger charge is -2.33. The first-order valence-electron chi connectivity index (χ1n) is 9.19. The molecule has 6 nitrogen and oxygen atoms in total. The molecule has 0 spiro atoms. The van der Waals surface area contributed by atoms with Gasteiger partial charge in [0.25, 0.3) is 5.91 Å². The van der Waals surface area contributed by atoms with Gasteiger partial charge in [0.2, 0.25) is 5.95 Å². The standard InChI is InChI=1S/C20H20F3N5O/c1-19(2)9-26-17(29)13-4-3-11(7-15(13)19)12-5-6-24-16-14(12)8-25-18(28-16)27-10-20(21,22)23/h3-5,7-8H,6,9-10H2,1-2H3,(H,26,29)(H2,24,25,27,28). The van der Waals surface area contributed by atoms with Gasteiger partial charge in [0.05, 0.1) is 0 Å². The molecule has 0 aliphatic carbocycles. The summed E-state index contributed by atoms with van der Waals surface area (Å²) in [6, 6.07) is 5.69. The van der Waals surface area contributed by atoms with E-state index in [1.807, 2.05) is 24.3 Å². The highest BCUT2D eigenvalue weighted by molar-refractivity contribution is 5.98. The van der Waals surface area contributed by atoms with E-state index in [4.69, 9.17) is 0 Å². The van der Waals surface area contributed by atoms with Gasteiger partial charge in [-0.1, -0.05) is 26.0 Å². The molecule has 0 bridgehead atoms. The minimum Gasteiger partial charge on any atom is -0.366 e. The topological polar surface area (TPSA) is 78.9 Å². The summed E-state index contributed by atoms with van der Waals surface area (Å²) in [6.07, 6.45) is -0.859. The average molecular weight is 403 g/mol. The zero-order chi connectivity index (χ0) is 20.8. The number of hydrogen-bond acceptors (Lipinski definition) is 5. The third-order valence-corrected chi connectivity index (χ3v) is 5.10. The Kier molecular flexibility index (Phi) is 4.48. The smallest absolute Gasteiger partial charge is 0.366 e. The molecular weight excluding hydrogens is 383 g/mol. The van der Waals surface area contributed by atoms with Gasteiger partial charge in [-0.15, -0.1) is 0 Å². The van der Waals surface area contributed by atoms with Gasteiger partial charge in [-0.25, -0.2) is 4.98 Å². The van der Waals surface area contributed by atoms with E-state index >= 15 is 0 Å². The van der Waals surface area contributed by atoms with E-state index in [1.165, 1.54) is 6.20 Å². The van der Waals surface area contributed by atoms with E-state index < -0.39 is 12.7 Å². The maximum Gasteiger partial charge on any atom is 0.405 e. The van der Waals surface area contributed by atoms with Crippen LogP contribution in [0.15, 0.2) is 30.5 Å². The van der Waals surface area contributed by atoms with Crippen molar-refractivity contribution in [1.29, 1.82) is 0 Å². The van der Waals surface area contributed by atoms with Crippen LogP contribution in [0.25, 0.3) is 5.57 Å². The summed E-state index contributed by atoms with van der Waals surface area (Å²) in [7, 11) is 0. The Balaban J connectivity index is 1.68. The van der Waals surface area contributed by atoms with Crippen molar-refractivity contribution in [3.8, 4) is 0 Å². The van der Waals surface area contributed by atoms with E-state index in [0.717, 1.165) is 16.7 Å². The first-order valence-corrected chi connectivity index (χ1v) is 9.19. The number of carbonyl (C=O) groups excluding carboxylic acids is 1. The van der Waals surface area contributed by atoms with E-state index in [9.17, 15) is 18.0 Å². The van der Waals surface area contributed by atoms with Crippen molar-refractivity contribution in [2.24, 2.45) is 0 Å². The van der Waals surface area contributed by atoms with Crippen molar-refractivity contribution in [2.75, 3.05) is 30.3 Å². The normalized spacial score (nSPS) is 17.4. The van der Waals surface area contributed by atoms with Crippen LogP contribution in [0.2, 0.25) is 0 Å². The maximum atomic E-state index is 12.4. The predicted octanol–water partition coefficient (Wildman–Crippen LogP) is 3.33. The van der Waals surface area contributed by atoms with Crippen LogP contribution in [0.3, 0.4) is 0 Å². The predicted molar refractivity (Wildman–Crippen MR) is 104 cm³/mol. The second kappa shape index (κ2) is 6.75. The first-order chi connectivity index (χ1) is 13.6. The summed E-state index contributed by atoms with van der Waals surface area (Å²) < 4.78 is 37.3. The van der Waals surface area contributed by atoms with Gasteiger partial charge < -0.3 is 16.0 Å². The van der Waals surface area contributed by atoms with Crippen molar-refractivity contribution < 1.29 is 18.0 Å². The monoisotopic (exact) mass is 403 g/mol. The molecule has 1 amide bonds. The van der Waals surface area contributed by atoms with Crippen molar-refractivity contribution in [3.05, 3.63) is 52.7 Å². The molecule has 2 aromatic rings. The highest BCUT2D eigenvalue weighted by Crippen LogP contribution is 2.36. The van der Waals surface area contributed by atoms with Crippen LogP contribution in [0, 0.1) is 0 Å². The zero-order valence-corrected chi connectivity index (χ0v) is 15.9. The summed E-state index contributed by atoms with van der Waals surface area (Å²) in [5, 5.41) is 8.17. The number of rotatable bonds is 3. The molecule has 0 fully saturated rings. The van der Waals surface area contributed by atoms with Crippen LogP contribution in [-0.2, 0) is 5.41 Å². The molecule has 9 heteroatoms. The number of carbonyl (C=O) groups is 1. The van der Waals surface area contributed by atoms with Crippen LogP contribution in [0.4, 0.5) is 24.9 Å². The molecule has 0 atom stereocenters. The second-order valence-electron chi connectivity index (χ2n) is 7.75. The second-order valence-corrected chi connectivity index (χ2v) is 7.75. The molecule has 3 heterocycles. The largest absolute Gasteiger partial charge is 0.405 e. The summed E-state index contributed by atoms with van der Waals surface area (Å²) in [5.41, 5.74) is 3.90. The fourth-order valence-electron chi connectivity index (χ4n) is 3.57. The molecule has 152 valence electrons. The minimum absolute atomic E-state index is 0.0851. The molecule has 2 aliphatic rings. The van der Waals surface area contributed by atoms with Crippen LogP contribution in [0.5, 0.6) is 0 Å². The highest BCUT2D eigenvalue weighted by atomic mass is 19.4. The van der Waals surface area contributed by atoms with Crippen LogP contribution in [-0.4, -0.2) is 41.7 Å². The molecule has 3 N–H and O–H groups in total. The molecule has 4 rings (SSSR count). The molecule has 0 radical (unpaired) electrons. The van der Waals surface area contributed by atoms with Crippen molar-refractivity contribution >= 4 is 23.2 Å². The van der Waals surface area contributed by atoms with E-state index in [1.54, 1.807) is 0 Å². The maximum absolute atomic E-state index is 12.4. The SMILES string of the molecule is CC1(C)CNC(=O)c2ccc(C3=CCNc4nc(NCC(F)(F)F)ncc43)cc21. The number of hydrogen-bond donors (Lipinski definition) is 3. The summed E-state index contributed by atoms with van der Waals surface area (Å²) in [5.74, 6) is 0.296. The van der Waals surface area contributed by atoms with E-state index in [0.29, 0.717) is 30.0 Å². The molecular formula is C20H20F3N5O. The lowest BCUT2D eigenvalue weighted by Crippen LogP contribution is -2.43. The number of aromatic nitrogens is 2. The van der Waals surface area contributed by atoms with Gasteiger partial charge in [0.1, 0.15) is 12.4 Å². The molecule has 0 saturated heterocycles. The van der Waals surface area contributed by atoms with Crippen LogP contribution >= 0.6 is 0 Å². The lowest BCUT2D eigenvalue weighted by atomic mass is 9.77. The molecule has 1 aromatic carbocycles. The molecule has 29 heavy (non-hydrogen) atoms. The zero-order valence-electron chi connectivity index (χ0n) is 15.9. The third kappa shape index (κ3) is 3.76. The van der Waals surface area contributed by atoms with Gasteiger partial charge in [-0.05, 0) is 28.8 Å². The van der Waals surface area contributed by atoms with Crippen LogP contribution < -0.4 is 16.0 Å². The fraction of sp³-hybridized carbons (Fsp3) is 0.350. The van der Waals surface area contributed by atoms with E-state index in [-0.39, 0.29) is 17.3 Å². The Hall–Kier alpha value is -3.10. The summed E-state index contributed by atoms with van der Waals surface area (Å²) in [6.45, 7) is 3.98. The Morgan fingerprint density at radius 2 is 2.00 bits per heavy atom. The van der Waals surface area contributed by atoms with Gasteiger partial charge in [0.15, 0.2) is 0 Å².